The molecule has 1 aromatic heterocycles. The quantitative estimate of drug-likeness (QED) is 0.571. The number of aryl methyl sites for hydroxylation is 1. The normalized spacial score (nSPS) is 14.7. The number of amides is 1. The van der Waals surface area contributed by atoms with Gasteiger partial charge in [0.1, 0.15) is 18.1 Å². The summed E-state index contributed by atoms with van der Waals surface area (Å²) in [6, 6.07) is 19.1. The summed E-state index contributed by atoms with van der Waals surface area (Å²) >= 11 is 5.96. The van der Waals surface area contributed by atoms with Crippen molar-refractivity contribution in [1.29, 1.82) is 0 Å². The second kappa shape index (κ2) is 9.37. The highest BCUT2D eigenvalue weighted by molar-refractivity contribution is 6.30. The molecule has 6 heteroatoms. The molecule has 30 heavy (non-hydrogen) atoms. The molecule has 0 atom stereocenters. The van der Waals surface area contributed by atoms with Gasteiger partial charge in [-0.2, -0.15) is 0 Å². The molecule has 0 spiro atoms. The lowest BCUT2D eigenvalue weighted by molar-refractivity contribution is 0.0594. The number of carbonyl (C=O) groups excluding carboxylic acids is 1. The van der Waals surface area contributed by atoms with E-state index in [-0.39, 0.29) is 12.5 Å². The van der Waals surface area contributed by atoms with Crippen LogP contribution in [0.2, 0.25) is 5.02 Å². The first kappa shape index (κ1) is 20.5. The van der Waals surface area contributed by atoms with Gasteiger partial charge in [-0.3, -0.25) is 9.69 Å². The molecule has 0 saturated carbocycles. The fourth-order valence-electron chi connectivity index (χ4n) is 3.57. The van der Waals surface area contributed by atoms with Crippen molar-refractivity contribution in [2.24, 2.45) is 0 Å². The lowest BCUT2D eigenvalue weighted by Gasteiger charge is -2.34. The molecular formula is C24H25ClN2O3. The summed E-state index contributed by atoms with van der Waals surface area (Å²) in [6.45, 7) is 6.40. The molecule has 1 amide bonds. The van der Waals surface area contributed by atoms with Crippen LogP contribution in [0.5, 0.6) is 5.75 Å². The van der Waals surface area contributed by atoms with Crippen molar-refractivity contribution in [3.05, 3.63) is 88.3 Å². The van der Waals surface area contributed by atoms with Crippen molar-refractivity contribution < 1.29 is 13.9 Å². The monoisotopic (exact) mass is 424 g/mol. The van der Waals surface area contributed by atoms with Crippen LogP contribution < -0.4 is 4.74 Å². The van der Waals surface area contributed by atoms with Crippen LogP contribution in [-0.4, -0.2) is 41.9 Å². The molecule has 5 nitrogen and oxygen atoms in total. The molecule has 0 radical (unpaired) electrons. The van der Waals surface area contributed by atoms with Gasteiger partial charge in [0.25, 0.3) is 5.91 Å². The van der Waals surface area contributed by atoms with Crippen molar-refractivity contribution in [3.8, 4) is 5.75 Å². The topological polar surface area (TPSA) is 45.9 Å². The van der Waals surface area contributed by atoms with E-state index >= 15 is 0 Å². The van der Waals surface area contributed by atoms with E-state index in [9.17, 15) is 4.79 Å². The van der Waals surface area contributed by atoms with E-state index < -0.39 is 0 Å². The Hall–Kier alpha value is -2.76. The molecule has 1 aliphatic heterocycles. The Labute approximate surface area is 181 Å². The van der Waals surface area contributed by atoms with E-state index in [2.05, 4.69) is 36.1 Å². The lowest BCUT2D eigenvalue weighted by atomic mass is 10.1. The first-order chi connectivity index (χ1) is 14.6. The molecule has 4 rings (SSSR count). The number of nitrogens with zero attached hydrogens (tertiary/aromatic N) is 2. The van der Waals surface area contributed by atoms with Gasteiger partial charge in [0, 0.05) is 37.7 Å². The fraction of sp³-hybridized carbons (Fsp3) is 0.292. The number of halogens is 1. The van der Waals surface area contributed by atoms with Gasteiger partial charge in [-0.05, 0) is 48.4 Å². The second-order valence-corrected chi connectivity index (χ2v) is 7.94. The predicted molar refractivity (Wildman–Crippen MR) is 117 cm³/mol. The molecule has 1 saturated heterocycles. The maximum Gasteiger partial charge on any atom is 0.289 e. The van der Waals surface area contributed by atoms with E-state index in [4.69, 9.17) is 20.8 Å². The summed E-state index contributed by atoms with van der Waals surface area (Å²) in [5.41, 5.74) is 2.65. The minimum Gasteiger partial charge on any atom is -0.486 e. The Morgan fingerprint density at radius 3 is 2.60 bits per heavy atom. The van der Waals surface area contributed by atoms with Crippen molar-refractivity contribution in [2.75, 3.05) is 26.2 Å². The number of benzene rings is 2. The number of piperazine rings is 1. The minimum atomic E-state index is -0.0699. The van der Waals surface area contributed by atoms with Crippen molar-refractivity contribution in [2.45, 2.75) is 20.1 Å². The molecule has 0 bridgehead atoms. The van der Waals surface area contributed by atoms with Crippen LogP contribution in [0.1, 0.15) is 27.4 Å². The van der Waals surface area contributed by atoms with Crippen molar-refractivity contribution in [1.82, 2.24) is 9.80 Å². The van der Waals surface area contributed by atoms with E-state index in [0.29, 0.717) is 35.4 Å². The van der Waals surface area contributed by atoms with Crippen molar-refractivity contribution >= 4 is 17.5 Å². The van der Waals surface area contributed by atoms with Gasteiger partial charge in [0.05, 0.1) is 0 Å². The van der Waals surface area contributed by atoms with E-state index in [1.54, 1.807) is 24.3 Å². The molecule has 0 unspecified atom stereocenters. The summed E-state index contributed by atoms with van der Waals surface area (Å²) in [5.74, 6) is 1.56. The summed E-state index contributed by atoms with van der Waals surface area (Å²) in [7, 11) is 0. The number of hydrogen-bond donors (Lipinski definition) is 0. The Kier molecular flexibility index (Phi) is 6.41. The van der Waals surface area contributed by atoms with Gasteiger partial charge in [-0.1, -0.05) is 41.9 Å². The Morgan fingerprint density at radius 1 is 1.03 bits per heavy atom. The third kappa shape index (κ3) is 5.04. The summed E-state index contributed by atoms with van der Waals surface area (Å²) < 4.78 is 11.4. The second-order valence-electron chi connectivity index (χ2n) is 7.51. The van der Waals surface area contributed by atoms with E-state index in [0.717, 1.165) is 19.6 Å². The third-order valence-electron chi connectivity index (χ3n) is 5.36. The van der Waals surface area contributed by atoms with Crippen LogP contribution >= 0.6 is 11.6 Å². The van der Waals surface area contributed by atoms with E-state index in [1.807, 2.05) is 17.0 Å². The van der Waals surface area contributed by atoms with Gasteiger partial charge in [0.15, 0.2) is 5.76 Å². The average molecular weight is 425 g/mol. The van der Waals surface area contributed by atoms with Gasteiger partial charge in [0.2, 0.25) is 0 Å². The fourth-order valence-corrected chi connectivity index (χ4v) is 3.76. The van der Waals surface area contributed by atoms with Crippen LogP contribution in [0.25, 0.3) is 0 Å². The number of carbonyl (C=O) groups is 1. The van der Waals surface area contributed by atoms with Crippen LogP contribution in [0, 0.1) is 6.92 Å². The van der Waals surface area contributed by atoms with Gasteiger partial charge in [-0.25, -0.2) is 0 Å². The minimum absolute atomic E-state index is 0.0699. The van der Waals surface area contributed by atoms with Gasteiger partial charge < -0.3 is 14.1 Å². The zero-order valence-electron chi connectivity index (χ0n) is 17.0. The molecule has 1 fully saturated rings. The van der Waals surface area contributed by atoms with Gasteiger partial charge in [-0.15, -0.1) is 0 Å². The van der Waals surface area contributed by atoms with E-state index in [1.165, 1.54) is 11.1 Å². The zero-order valence-corrected chi connectivity index (χ0v) is 17.8. The van der Waals surface area contributed by atoms with Crippen molar-refractivity contribution in [3.63, 3.8) is 0 Å². The summed E-state index contributed by atoms with van der Waals surface area (Å²) in [5, 5.41) is 0.615. The SMILES string of the molecule is Cc1ccccc1CN1CCN(C(=O)c2ccc(COc3cccc(Cl)c3)o2)CC1. The number of rotatable bonds is 6. The molecule has 2 aromatic carbocycles. The Morgan fingerprint density at radius 2 is 1.83 bits per heavy atom. The Bertz CT molecular complexity index is 1010. The first-order valence-corrected chi connectivity index (χ1v) is 10.5. The average Bonchev–Trinajstić information content (AvgIpc) is 3.23. The third-order valence-corrected chi connectivity index (χ3v) is 5.60. The first-order valence-electron chi connectivity index (χ1n) is 10.1. The summed E-state index contributed by atoms with van der Waals surface area (Å²) in [4.78, 5) is 17.0. The molecule has 0 N–H and O–H groups in total. The number of furan rings is 1. The molecule has 156 valence electrons. The lowest BCUT2D eigenvalue weighted by Crippen LogP contribution is -2.48. The molecule has 0 aliphatic carbocycles. The highest BCUT2D eigenvalue weighted by Gasteiger charge is 2.24. The standard InChI is InChI=1S/C24H25ClN2O3/c1-18-5-2-3-6-19(18)16-26-11-13-27(14-12-26)24(28)23-10-9-22(30-23)17-29-21-8-4-7-20(25)15-21/h2-10,15H,11-14,16-17H2,1H3. The van der Waals surface area contributed by atoms with Gasteiger partial charge >= 0.3 is 0 Å². The maximum absolute atomic E-state index is 12.8. The largest absolute Gasteiger partial charge is 0.486 e. The highest BCUT2D eigenvalue weighted by Crippen LogP contribution is 2.20. The Balaban J connectivity index is 1.29. The van der Waals surface area contributed by atoms with Crippen LogP contribution in [0.4, 0.5) is 0 Å². The predicted octanol–water partition coefficient (Wildman–Crippen LogP) is 4.78. The number of hydrogen-bond acceptors (Lipinski definition) is 4. The molecular weight excluding hydrogens is 400 g/mol. The van der Waals surface area contributed by atoms with Crippen LogP contribution in [0.3, 0.4) is 0 Å². The molecule has 3 aromatic rings. The highest BCUT2D eigenvalue weighted by atomic mass is 35.5. The molecule has 2 heterocycles. The smallest absolute Gasteiger partial charge is 0.289 e. The van der Waals surface area contributed by atoms with Crippen LogP contribution in [-0.2, 0) is 13.2 Å². The number of ether oxygens (including phenoxy) is 1. The molecule has 1 aliphatic rings. The maximum atomic E-state index is 12.8. The zero-order chi connectivity index (χ0) is 20.9. The summed E-state index contributed by atoms with van der Waals surface area (Å²) in [6.07, 6.45) is 0. The van der Waals surface area contributed by atoms with Crippen LogP contribution in [0.15, 0.2) is 65.1 Å².